The van der Waals surface area contributed by atoms with Gasteiger partial charge in [-0.05, 0) is 19.3 Å². The molecule has 6 atom stereocenters. The average molecular weight is 230 g/mol. The van der Waals surface area contributed by atoms with Crippen molar-refractivity contribution in [3.05, 3.63) is 0 Å². The van der Waals surface area contributed by atoms with Crippen molar-refractivity contribution in [3.8, 4) is 0 Å². The van der Waals surface area contributed by atoms with Crippen molar-refractivity contribution in [3.63, 3.8) is 0 Å². The summed E-state index contributed by atoms with van der Waals surface area (Å²) in [5.41, 5.74) is 0. The van der Waals surface area contributed by atoms with Crippen LogP contribution in [0.15, 0.2) is 0 Å². The maximum atomic E-state index is 9.86. The van der Waals surface area contributed by atoms with Gasteiger partial charge in [0.05, 0.1) is 6.10 Å². The van der Waals surface area contributed by atoms with Crippen LogP contribution in [0.1, 0.15) is 27.2 Å². The standard InChI is InChI=1S/C11H22N2O3/c1-6-4-9(16-8(6)3)13-5-7(2)10(14)12-11(13)15/h6-12,14-15H,4-5H2,1-3H3. The van der Waals surface area contributed by atoms with Gasteiger partial charge in [-0.15, -0.1) is 0 Å². The largest absolute Gasteiger partial charge is 0.378 e. The summed E-state index contributed by atoms with van der Waals surface area (Å²) in [5.74, 6) is 0.609. The Labute approximate surface area is 96.4 Å². The predicted molar refractivity (Wildman–Crippen MR) is 59.1 cm³/mol. The van der Waals surface area contributed by atoms with E-state index in [1.54, 1.807) is 0 Å². The molecule has 0 aliphatic carbocycles. The molecule has 3 N–H and O–H groups in total. The average Bonchev–Trinajstić information content (AvgIpc) is 2.53. The van der Waals surface area contributed by atoms with Crippen LogP contribution in [-0.4, -0.2) is 46.6 Å². The molecule has 0 aromatic carbocycles. The van der Waals surface area contributed by atoms with Gasteiger partial charge >= 0.3 is 0 Å². The van der Waals surface area contributed by atoms with Gasteiger partial charge in [0.1, 0.15) is 12.5 Å². The van der Waals surface area contributed by atoms with E-state index in [9.17, 15) is 10.2 Å². The normalized spacial score (nSPS) is 50.8. The van der Waals surface area contributed by atoms with Gasteiger partial charge in [-0.25, -0.2) is 4.90 Å². The van der Waals surface area contributed by atoms with Crippen LogP contribution in [0.5, 0.6) is 0 Å². The third-order valence-corrected chi connectivity index (χ3v) is 3.79. The van der Waals surface area contributed by atoms with Gasteiger partial charge in [-0.3, -0.25) is 5.32 Å². The lowest BCUT2D eigenvalue weighted by Crippen LogP contribution is -2.62. The predicted octanol–water partition coefficient (Wildman–Crippen LogP) is -0.107. The highest BCUT2D eigenvalue weighted by atomic mass is 16.5. The Morgan fingerprint density at radius 3 is 2.44 bits per heavy atom. The molecular weight excluding hydrogens is 208 g/mol. The lowest BCUT2D eigenvalue weighted by Gasteiger charge is -2.41. The molecule has 16 heavy (non-hydrogen) atoms. The Morgan fingerprint density at radius 2 is 1.88 bits per heavy atom. The molecule has 2 fully saturated rings. The molecule has 5 heteroatoms. The molecule has 94 valence electrons. The minimum atomic E-state index is -0.811. The first-order valence-electron chi connectivity index (χ1n) is 6.02. The zero-order valence-corrected chi connectivity index (χ0v) is 10.1. The summed E-state index contributed by atoms with van der Waals surface area (Å²) in [6.45, 7) is 6.83. The van der Waals surface area contributed by atoms with Crippen molar-refractivity contribution in [2.45, 2.75) is 52.1 Å². The van der Waals surface area contributed by atoms with Gasteiger partial charge < -0.3 is 14.9 Å². The molecule has 2 heterocycles. The highest BCUT2D eigenvalue weighted by Crippen LogP contribution is 2.30. The van der Waals surface area contributed by atoms with Crippen molar-refractivity contribution in [2.75, 3.05) is 6.54 Å². The molecule has 2 rings (SSSR count). The summed E-state index contributed by atoms with van der Waals surface area (Å²) in [6.07, 6.45) is -0.319. The van der Waals surface area contributed by atoms with Crippen LogP contribution in [0.2, 0.25) is 0 Å². The molecule has 2 saturated heterocycles. The zero-order chi connectivity index (χ0) is 11.9. The quantitative estimate of drug-likeness (QED) is 0.587. The van der Waals surface area contributed by atoms with Gasteiger partial charge in [0.25, 0.3) is 0 Å². The smallest absolute Gasteiger partial charge is 0.167 e. The number of aliphatic hydroxyl groups excluding tert-OH is 2. The van der Waals surface area contributed by atoms with E-state index in [4.69, 9.17) is 4.74 Å². The lowest BCUT2D eigenvalue weighted by molar-refractivity contribution is -0.185. The fraction of sp³-hybridized carbons (Fsp3) is 1.00. The van der Waals surface area contributed by atoms with E-state index in [0.717, 1.165) is 6.42 Å². The van der Waals surface area contributed by atoms with E-state index < -0.39 is 12.6 Å². The van der Waals surface area contributed by atoms with E-state index >= 15 is 0 Å². The van der Waals surface area contributed by atoms with E-state index in [1.165, 1.54) is 0 Å². The summed E-state index contributed by atoms with van der Waals surface area (Å²) in [6, 6.07) is 0. The molecule has 0 radical (unpaired) electrons. The molecule has 0 aromatic rings. The third-order valence-electron chi connectivity index (χ3n) is 3.79. The molecule has 0 saturated carbocycles. The van der Waals surface area contributed by atoms with Crippen LogP contribution >= 0.6 is 0 Å². The first kappa shape index (κ1) is 12.3. The Bertz CT molecular complexity index is 241. The maximum Gasteiger partial charge on any atom is 0.167 e. The van der Waals surface area contributed by atoms with Crippen molar-refractivity contribution >= 4 is 0 Å². The van der Waals surface area contributed by atoms with Gasteiger partial charge in [-0.1, -0.05) is 13.8 Å². The van der Waals surface area contributed by atoms with Crippen LogP contribution in [0, 0.1) is 11.8 Å². The monoisotopic (exact) mass is 230 g/mol. The van der Waals surface area contributed by atoms with Crippen molar-refractivity contribution in [1.29, 1.82) is 0 Å². The Balaban J connectivity index is 1.99. The summed E-state index contributed by atoms with van der Waals surface area (Å²) in [5, 5.41) is 22.2. The number of hydrogen-bond donors (Lipinski definition) is 3. The molecule has 2 aliphatic rings. The molecule has 0 aromatic heterocycles. The second-order valence-electron chi connectivity index (χ2n) is 5.17. The second kappa shape index (κ2) is 4.58. The van der Waals surface area contributed by atoms with Crippen LogP contribution in [0.4, 0.5) is 0 Å². The van der Waals surface area contributed by atoms with Crippen LogP contribution in [0.3, 0.4) is 0 Å². The van der Waals surface area contributed by atoms with E-state index in [2.05, 4.69) is 19.2 Å². The molecular formula is C11H22N2O3. The van der Waals surface area contributed by atoms with Crippen LogP contribution in [-0.2, 0) is 4.74 Å². The highest BCUT2D eigenvalue weighted by Gasteiger charge is 2.40. The summed E-state index contributed by atoms with van der Waals surface area (Å²) >= 11 is 0. The van der Waals surface area contributed by atoms with E-state index in [1.807, 2.05) is 11.8 Å². The number of nitrogens with one attached hydrogen (secondary N) is 1. The first-order valence-corrected chi connectivity index (χ1v) is 6.02. The molecule has 0 amide bonds. The van der Waals surface area contributed by atoms with Gasteiger partial charge in [0.15, 0.2) is 6.35 Å². The Hall–Kier alpha value is -0.200. The number of aliphatic hydroxyl groups is 2. The summed E-state index contributed by atoms with van der Waals surface area (Å²) in [7, 11) is 0. The Kier molecular flexibility index (Phi) is 3.51. The van der Waals surface area contributed by atoms with Crippen molar-refractivity contribution in [1.82, 2.24) is 10.2 Å². The number of nitrogens with zero attached hydrogens (tertiary/aromatic N) is 1. The SMILES string of the molecule is CC1CN(C2CC(C)C(C)O2)C(O)NC1O. The Morgan fingerprint density at radius 1 is 1.19 bits per heavy atom. The second-order valence-corrected chi connectivity index (χ2v) is 5.17. The molecule has 5 nitrogen and oxygen atoms in total. The van der Waals surface area contributed by atoms with Crippen molar-refractivity contribution < 1.29 is 14.9 Å². The number of ether oxygens (including phenoxy) is 1. The first-order chi connectivity index (χ1) is 7.49. The minimum absolute atomic E-state index is 0.0394. The third kappa shape index (κ3) is 2.24. The van der Waals surface area contributed by atoms with E-state index in [-0.39, 0.29) is 18.2 Å². The number of rotatable bonds is 1. The molecule has 0 bridgehead atoms. The van der Waals surface area contributed by atoms with Gasteiger partial charge in [0.2, 0.25) is 0 Å². The van der Waals surface area contributed by atoms with Gasteiger partial charge in [0, 0.05) is 12.5 Å². The zero-order valence-electron chi connectivity index (χ0n) is 10.1. The highest BCUT2D eigenvalue weighted by molar-refractivity contribution is 4.83. The summed E-state index contributed by atoms with van der Waals surface area (Å²) in [4.78, 5) is 1.89. The van der Waals surface area contributed by atoms with Crippen molar-refractivity contribution in [2.24, 2.45) is 11.8 Å². The van der Waals surface area contributed by atoms with E-state index in [0.29, 0.717) is 12.5 Å². The maximum absolute atomic E-state index is 9.86. The van der Waals surface area contributed by atoms with Gasteiger partial charge in [-0.2, -0.15) is 0 Å². The fourth-order valence-corrected chi connectivity index (χ4v) is 2.38. The molecule has 2 aliphatic heterocycles. The lowest BCUT2D eigenvalue weighted by atomic mass is 10.0. The van der Waals surface area contributed by atoms with Crippen LogP contribution < -0.4 is 5.32 Å². The molecule has 0 spiro atoms. The molecule has 6 unspecified atom stereocenters. The summed E-state index contributed by atoms with van der Waals surface area (Å²) < 4.78 is 5.81. The fourth-order valence-electron chi connectivity index (χ4n) is 2.38. The minimum Gasteiger partial charge on any atom is -0.378 e. The number of hydrogen-bond acceptors (Lipinski definition) is 5. The van der Waals surface area contributed by atoms with Crippen LogP contribution in [0.25, 0.3) is 0 Å². The topological polar surface area (TPSA) is 65.0 Å².